The zero-order chi connectivity index (χ0) is 11.5. The zero-order valence-electron chi connectivity index (χ0n) is 9.39. The number of carboxylic acids is 1. The van der Waals surface area contributed by atoms with Crippen molar-refractivity contribution in [1.82, 2.24) is 5.32 Å². The highest BCUT2D eigenvalue weighted by molar-refractivity contribution is 5.72. The van der Waals surface area contributed by atoms with Gasteiger partial charge in [0.25, 0.3) is 0 Å². The third kappa shape index (κ3) is 2.25. The Morgan fingerprint density at radius 2 is 2.06 bits per heavy atom. The van der Waals surface area contributed by atoms with Gasteiger partial charge in [0.2, 0.25) is 0 Å². The molecule has 86 valence electrons. The van der Waals surface area contributed by atoms with Gasteiger partial charge in [0.15, 0.2) is 0 Å². The molecule has 0 spiro atoms. The van der Waals surface area contributed by atoms with Crippen molar-refractivity contribution in [1.29, 1.82) is 0 Å². The van der Waals surface area contributed by atoms with Crippen LogP contribution in [0.1, 0.15) is 31.4 Å². The molecule has 0 heterocycles. The van der Waals surface area contributed by atoms with E-state index in [9.17, 15) is 4.79 Å². The van der Waals surface area contributed by atoms with Gasteiger partial charge in [0.05, 0.1) is 5.92 Å². The van der Waals surface area contributed by atoms with E-state index in [1.807, 2.05) is 18.2 Å². The molecular weight excluding hydrogens is 202 g/mol. The lowest BCUT2D eigenvalue weighted by atomic mass is 9.79. The Bertz CT molecular complexity index is 363. The van der Waals surface area contributed by atoms with Crippen LogP contribution < -0.4 is 5.32 Å². The first-order valence-corrected chi connectivity index (χ1v) is 5.72. The van der Waals surface area contributed by atoms with E-state index < -0.39 is 5.97 Å². The number of nitrogens with one attached hydrogen (secondary N) is 1. The van der Waals surface area contributed by atoms with Crippen LogP contribution in [0, 0.1) is 5.92 Å². The molecule has 0 aromatic heterocycles. The Hall–Kier alpha value is -1.35. The molecule has 1 saturated carbocycles. The van der Waals surface area contributed by atoms with E-state index >= 15 is 0 Å². The lowest BCUT2D eigenvalue weighted by molar-refractivity contribution is -0.146. The Kier molecular flexibility index (Phi) is 3.25. The summed E-state index contributed by atoms with van der Waals surface area (Å²) in [4.78, 5) is 10.9. The summed E-state index contributed by atoms with van der Waals surface area (Å²) in [7, 11) is 0. The van der Waals surface area contributed by atoms with Crippen molar-refractivity contribution in [2.45, 2.75) is 31.8 Å². The molecule has 0 radical (unpaired) electrons. The standard InChI is InChI=1S/C13H17NO2/c1-9(10-5-3-2-4-6-10)14-12-8-7-11(12)13(15)16/h2-6,9,11-12,14H,7-8H2,1H3,(H,15,16). The number of hydrogen-bond acceptors (Lipinski definition) is 2. The maximum atomic E-state index is 10.9. The van der Waals surface area contributed by atoms with Gasteiger partial charge in [-0.25, -0.2) is 0 Å². The van der Waals surface area contributed by atoms with Gasteiger partial charge in [0, 0.05) is 12.1 Å². The van der Waals surface area contributed by atoms with Crippen LogP contribution in [0.5, 0.6) is 0 Å². The average Bonchev–Trinajstić information content (AvgIpc) is 2.24. The molecule has 3 heteroatoms. The minimum atomic E-state index is -0.677. The van der Waals surface area contributed by atoms with Gasteiger partial charge >= 0.3 is 5.97 Å². The SMILES string of the molecule is CC(NC1CCC1C(=O)O)c1ccccc1. The van der Waals surface area contributed by atoms with Crippen LogP contribution in [0.15, 0.2) is 30.3 Å². The maximum absolute atomic E-state index is 10.9. The second kappa shape index (κ2) is 4.66. The Balaban J connectivity index is 1.93. The number of carbonyl (C=O) groups is 1. The van der Waals surface area contributed by atoms with Gasteiger partial charge in [0.1, 0.15) is 0 Å². The van der Waals surface area contributed by atoms with Crippen LogP contribution in [0.2, 0.25) is 0 Å². The summed E-state index contributed by atoms with van der Waals surface area (Å²) in [6.45, 7) is 2.08. The Morgan fingerprint density at radius 1 is 1.38 bits per heavy atom. The quantitative estimate of drug-likeness (QED) is 0.816. The lowest BCUT2D eigenvalue weighted by Gasteiger charge is -2.36. The van der Waals surface area contributed by atoms with Crippen LogP contribution in [0.4, 0.5) is 0 Å². The molecule has 1 aliphatic rings. The Labute approximate surface area is 95.5 Å². The van der Waals surface area contributed by atoms with Gasteiger partial charge in [-0.3, -0.25) is 4.79 Å². The summed E-state index contributed by atoms with van der Waals surface area (Å²) in [5.74, 6) is -0.879. The summed E-state index contributed by atoms with van der Waals surface area (Å²) in [6.07, 6.45) is 1.77. The Morgan fingerprint density at radius 3 is 2.56 bits per heavy atom. The molecule has 1 aliphatic carbocycles. The van der Waals surface area contributed by atoms with Crippen LogP contribution in [0.25, 0.3) is 0 Å². The molecule has 0 saturated heterocycles. The van der Waals surface area contributed by atoms with E-state index in [-0.39, 0.29) is 18.0 Å². The van der Waals surface area contributed by atoms with Crippen molar-refractivity contribution in [3.8, 4) is 0 Å². The number of benzene rings is 1. The van der Waals surface area contributed by atoms with Gasteiger partial charge in [-0.1, -0.05) is 30.3 Å². The van der Waals surface area contributed by atoms with E-state index in [2.05, 4.69) is 24.4 Å². The predicted molar refractivity (Wildman–Crippen MR) is 62.1 cm³/mol. The second-order valence-corrected chi connectivity index (χ2v) is 4.43. The number of aliphatic carboxylic acids is 1. The van der Waals surface area contributed by atoms with Gasteiger partial charge in [-0.15, -0.1) is 0 Å². The molecule has 16 heavy (non-hydrogen) atoms. The van der Waals surface area contributed by atoms with Crippen LogP contribution in [-0.2, 0) is 4.79 Å². The minimum absolute atomic E-state index is 0.132. The van der Waals surface area contributed by atoms with Crippen molar-refractivity contribution in [3.63, 3.8) is 0 Å². The smallest absolute Gasteiger partial charge is 0.308 e. The second-order valence-electron chi connectivity index (χ2n) is 4.43. The predicted octanol–water partition coefficient (Wildman–Crippen LogP) is 2.20. The first-order valence-electron chi connectivity index (χ1n) is 5.72. The molecule has 1 aromatic rings. The number of rotatable bonds is 4. The molecular formula is C13H17NO2. The molecule has 0 amide bonds. The first-order chi connectivity index (χ1) is 7.68. The molecule has 2 N–H and O–H groups in total. The van der Waals surface area contributed by atoms with E-state index in [4.69, 9.17) is 5.11 Å². The molecule has 3 nitrogen and oxygen atoms in total. The van der Waals surface area contributed by atoms with E-state index in [0.29, 0.717) is 0 Å². The topological polar surface area (TPSA) is 49.3 Å². The fourth-order valence-corrected chi connectivity index (χ4v) is 2.15. The molecule has 2 rings (SSSR count). The van der Waals surface area contributed by atoms with E-state index in [1.165, 1.54) is 5.56 Å². The van der Waals surface area contributed by atoms with Crippen molar-refractivity contribution < 1.29 is 9.90 Å². The van der Waals surface area contributed by atoms with Crippen molar-refractivity contribution in [2.24, 2.45) is 5.92 Å². The minimum Gasteiger partial charge on any atom is -0.481 e. The van der Waals surface area contributed by atoms with Crippen LogP contribution in [-0.4, -0.2) is 17.1 Å². The summed E-state index contributed by atoms with van der Waals surface area (Å²) in [5.41, 5.74) is 1.21. The van der Waals surface area contributed by atoms with Gasteiger partial charge in [-0.05, 0) is 25.3 Å². The normalized spacial score (nSPS) is 25.8. The molecule has 3 atom stereocenters. The summed E-state index contributed by atoms with van der Waals surface area (Å²) in [5, 5.41) is 12.3. The highest BCUT2D eigenvalue weighted by Gasteiger charge is 2.36. The molecule has 1 aromatic carbocycles. The molecule has 1 fully saturated rings. The first kappa shape index (κ1) is 11.1. The number of carboxylic acid groups (broad SMARTS) is 1. The van der Waals surface area contributed by atoms with Gasteiger partial charge in [-0.2, -0.15) is 0 Å². The van der Waals surface area contributed by atoms with Gasteiger partial charge < -0.3 is 10.4 Å². The highest BCUT2D eigenvalue weighted by atomic mass is 16.4. The summed E-state index contributed by atoms with van der Waals surface area (Å²) >= 11 is 0. The third-order valence-corrected chi connectivity index (χ3v) is 3.36. The monoisotopic (exact) mass is 219 g/mol. The molecule has 3 unspecified atom stereocenters. The molecule has 0 aliphatic heterocycles. The number of hydrogen-bond donors (Lipinski definition) is 2. The van der Waals surface area contributed by atoms with E-state index in [0.717, 1.165) is 12.8 Å². The lowest BCUT2D eigenvalue weighted by Crippen LogP contribution is -2.48. The maximum Gasteiger partial charge on any atom is 0.308 e. The van der Waals surface area contributed by atoms with Crippen molar-refractivity contribution >= 4 is 5.97 Å². The van der Waals surface area contributed by atoms with Crippen molar-refractivity contribution in [2.75, 3.05) is 0 Å². The summed E-state index contributed by atoms with van der Waals surface area (Å²) < 4.78 is 0. The third-order valence-electron chi connectivity index (χ3n) is 3.36. The zero-order valence-corrected chi connectivity index (χ0v) is 9.39. The van der Waals surface area contributed by atoms with Crippen LogP contribution in [0.3, 0.4) is 0 Å². The van der Waals surface area contributed by atoms with E-state index in [1.54, 1.807) is 0 Å². The largest absolute Gasteiger partial charge is 0.481 e. The fourth-order valence-electron chi connectivity index (χ4n) is 2.15. The summed E-state index contributed by atoms with van der Waals surface area (Å²) in [6, 6.07) is 10.5. The van der Waals surface area contributed by atoms with Crippen molar-refractivity contribution in [3.05, 3.63) is 35.9 Å². The highest BCUT2D eigenvalue weighted by Crippen LogP contribution is 2.29. The molecule has 0 bridgehead atoms. The fraction of sp³-hybridized carbons (Fsp3) is 0.462. The van der Waals surface area contributed by atoms with Crippen LogP contribution >= 0.6 is 0 Å². The average molecular weight is 219 g/mol.